The van der Waals surface area contributed by atoms with Crippen molar-refractivity contribution in [2.75, 3.05) is 17.2 Å². The first-order chi connectivity index (χ1) is 10.1. The van der Waals surface area contributed by atoms with E-state index in [1.807, 2.05) is 12.1 Å². The molecule has 21 heavy (non-hydrogen) atoms. The van der Waals surface area contributed by atoms with Gasteiger partial charge in [0.25, 0.3) is 5.91 Å². The number of benzene rings is 2. The third-order valence-corrected chi connectivity index (χ3v) is 2.93. The summed E-state index contributed by atoms with van der Waals surface area (Å²) < 4.78 is 13.4. The lowest BCUT2D eigenvalue weighted by atomic mass is 10.1. The van der Waals surface area contributed by atoms with E-state index in [1.54, 1.807) is 24.3 Å². The van der Waals surface area contributed by atoms with E-state index in [1.165, 1.54) is 11.0 Å². The van der Waals surface area contributed by atoms with Crippen LogP contribution in [0.1, 0.15) is 16.8 Å². The van der Waals surface area contributed by atoms with Gasteiger partial charge in [-0.2, -0.15) is 5.26 Å². The van der Waals surface area contributed by atoms with E-state index in [2.05, 4.69) is 0 Å². The van der Waals surface area contributed by atoms with Gasteiger partial charge in [0.1, 0.15) is 5.82 Å². The van der Waals surface area contributed by atoms with Crippen LogP contribution in [0.5, 0.6) is 0 Å². The standard InChI is InChI=1S/C16H14FN3O/c17-13-9-12(10-14(19)11-13)16(21)20(8-4-7-18)15-5-2-1-3-6-15/h1-3,5-6,9-11H,4,8,19H2. The Balaban J connectivity index is 2.36. The highest BCUT2D eigenvalue weighted by Crippen LogP contribution is 2.19. The maximum absolute atomic E-state index is 13.4. The number of carbonyl (C=O) groups excluding carboxylic acids is 1. The van der Waals surface area contributed by atoms with Gasteiger partial charge in [0.2, 0.25) is 0 Å². The molecule has 5 heteroatoms. The smallest absolute Gasteiger partial charge is 0.258 e. The van der Waals surface area contributed by atoms with Crippen molar-refractivity contribution >= 4 is 17.3 Å². The van der Waals surface area contributed by atoms with Crippen molar-refractivity contribution in [2.45, 2.75) is 6.42 Å². The molecule has 4 nitrogen and oxygen atoms in total. The van der Waals surface area contributed by atoms with Crippen molar-refractivity contribution in [3.8, 4) is 6.07 Å². The second-order valence-electron chi connectivity index (χ2n) is 4.47. The molecule has 106 valence electrons. The molecule has 0 aliphatic heterocycles. The minimum atomic E-state index is -0.563. The molecule has 1 amide bonds. The summed E-state index contributed by atoms with van der Waals surface area (Å²) in [7, 11) is 0. The first-order valence-corrected chi connectivity index (χ1v) is 6.42. The van der Waals surface area contributed by atoms with Gasteiger partial charge < -0.3 is 10.6 Å². The van der Waals surface area contributed by atoms with Crippen LogP contribution in [0.25, 0.3) is 0 Å². The summed E-state index contributed by atoms with van der Waals surface area (Å²) >= 11 is 0. The summed E-state index contributed by atoms with van der Waals surface area (Å²) in [6.45, 7) is 0.232. The number of nitrogens with zero attached hydrogens (tertiary/aromatic N) is 2. The van der Waals surface area contributed by atoms with Crippen molar-refractivity contribution in [2.24, 2.45) is 0 Å². The van der Waals surface area contributed by atoms with Gasteiger partial charge in [0, 0.05) is 23.5 Å². The van der Waals surface area contributed by atoms with Crippen LogP contribution in [-0.2, 0) is 0 Å². The van der Waals surface area contributed by atoms with E-state index in [-0.39, 0.29) is 30.1 Å². The number of anilines is 2. The third-order valence-electron chi connectivity index (χ3n) is 2.93. The molecule has 0 spiro atoms. The Hall–Kier alpha value is -2.87. The monoisotopic (exact) mass is 283 g/mol. The highest BCUT2D eigenvalue weighted by atomic mass is 19.1. The van der Waals surface area contributed by atoms with E-state index in [0.717, 1.165) is 12.1 Å². The maximum Gasteiger partial charge on any atom is 0.258 e. The minimum Gasteiger partial charge on any atom is -0.399 e. The van der Waals surface area contributed by atoms with Crippen LogP contribution < -0.4 is 10.6 Å². The topological polar surface area (TPSA) is 70.1 Å². The molecule has 0 atom stereocenters. The molecule has 2 rings (SSSR count). The molecule has 0 saturated heterocycles. The molecule has 0 aliphatic rings. The number of hydrogen-bond donors (Lipinski definition) is 1. The molecular formula is C16H14FN3O. The lowest BCUT2D eigenvalue weighted by Gasteiger charge is -2.22. The van der Waals surface area contributed by atoms with Gasteiger partial charge in [-0.3, -0.25) is 4.79 Å². The minimum absolute atomic E-state index is 0.161. The number of nitrogens with two attached hydrogens (primary N) is 1. The predicted molar refractivity (Wildman–Crippen MR) is 79.2 cm³/mol. The van der Waals surface area contributed by atoms with Crippen LogP contribution in [-0.4, -0.2) is 12.5 Å². The molecule has 0 radical (unpaired) electrons. The van der Waals surface area contributed by atoms with Gasteiger partial charge in [-0.1, -0.05) is 18.2 Å². The Morgan fingerprint density at radius 2 is 1.95 bits per heavy atom. The average Bonchev–Trinajstić information content (AvgIpc) is 2.47. The zero-order valence-corrected chi connectivity index (χ0v) is 11.3. The van der Waals surface area contributed by atoms with Gasteiger partial charge in [0.15, 0.2) is 0 Å². The van der Waals surface area contributed by atoms with Gasteiger partial charge in [-0.05, 0) is 30.3 Å². The first kappa shape index (κ1) is 14.5. The fraction of sp³-hybridized carbons (Fsp3) is 0.125. The van der Waals surface area contributed by atoms with Crippen molar-refractivity contribution in [3.63, 3.8) is 0 Å². The normalized spacial score (nSPS) is 9.90. The second-order valence-corrected chi connectivity index (χ2v) is 4.47. The van der Waals surface area contributed by atoms with Crippen LogP contribution >= 0.6 is 0 Å². The highest BCUT2D eigenvalue weighted by molar-refractivity contribution is 6.06. The maximum atomic E-state index is 13.4. The summed E-state index contributed by atoms with van der Waals surface area (Å²) in [5, 5.41) is 8.73. The van der Waals surface area contributed by atoms with Gasteiger partial charge in [-0.25, -0.2) is 4.39 Å². The quantitative estimate of drug-likeness (QED) is 0.877. The third kappa shape index (κ3) is 3.57. The second kappa shape index (κ2) is 6.53. The lowest BCUT2D eigenvalue weighted by Crippen LogP contribution is -2.31. The Bertz CT molecular complexity index is 659. The molecule has 0 heterocycles. The number of carbonyl (C=O) groups is 1. The summed E-state index contributed by atoms with van der Waals surface area (Å²) in [4.78, 5) is 14.0. The van der Waals surface area contributed by atoms with Crippen LogP contribution in [0, 0.1) is 17.1 Å². The summed E-state index contributed by atoms with van der Waals surface area (Å²) in [6.07, 6.45) is 0.186. The van der Waals surface area contributed by atoms with Crippen LogP contribution in [0.2, 0.25) is 0 Å². The molecule has 0 unspecified atom stereocenters. The first-order valence-electron chi connectivity index (χ1n) is 6.42. The number of nitriles is 1. The number of halogens is 1. The van der Waals surface area contributed by atoms with E-state index >= 15 is 0 Å². The molecule has 0 fully saturated rings. The molecular weight excluding hydrogens is 269 g/mol. The zero-order chi connectivity index (χ0) is 15.2. The number of amides is 1. The van der Waals surface area contributed by atoms with E-state index in [4.69, 9.17) is 11.0 Å². The number of para-hydroxylation sites is 1. The van der Waals surface area contributed by atoms with Crippen LogP contribution in [0.4, 0.5) is 15.8 Å². The van der Waals surface area contributed by atoms with E-state index < -0.39 is 5.82 Å². The van der Waals surface area contributed by atoms with Crippen molar-refractivity contribution < 1.29 is 9.18 Å². The van der Waals surface area contributed by atoms with Crippen molar-refractivity contribution in [3.05, 3.63) is 59.9 Å². The molecule has 2 N–H and O–H groups in total. The van der Waals surface area contributed by atoms with E-state index in [0.29, 0.717) is 5.69 Å². The Morgan fingerprint density at radius 3 is 2.57 bits per heavy atom. The molecule has 2 aromatic rings. The van der Waals surface area contributed by atoms with Gasteiger partial charge >= 0.3 is 0 Å². The Labute approximate surface area is 122 Å². The molecule has 0 bridgehead atoms. The molecule has 0 aliphatic carbocycles. The lowest BCUT2D eigenvalue weighted by molar-refractivity contribution is 0.0987. The molecule has 2 aromatic carbocycles. The summed E-state index contributed by atoms with van der Waals surface area (Å²) in [5.74, 6) is -0.950. The largest absolute Gasteiger partial charge is 0.399 e. The van der Waals surface area contributed by atoms with Crippen LogP contribution in [0.3, 0.4) is 0 Å². The summed E-state index contributed by atoms with van der Waals surface area (Å²) in [5.41, 5.74) is 6.57. The van der Waals surface area contributed by atoms with Crippen molar-refractivity contribution in [1.82, 2.24) is 0 Å². The fourth-order valence-electron chi connectivity index (χ4n) is 2.01. The number of hydrogen-bond acceptors (Lipinski definition) is 3. The highest BCUT2D eigenvalue weighted by Gasteiger charge is 2.18. The zero-order valence-electron chi connectivity index (χ0n) is 11.3. The summed E-state index contributed by atoms with van der Waals surface area (Å²) in [6, 6.07) is 14.7. The average molecular weight is 283 g/mol. The number of nitrogen functional groups attached to an aromatic ring is 1. The van der Waals surface area contributed by atoms with Gasteiger partial charge in [-0.15, -0.1) is 0 Å². The Morgan fingerprint density at radius 1 is 1.24 bits per heavy atom. The van der Waals surface area contributed by atoms with Crippen molar-refractivity contribution in [1.29, 1.82) is 5.26 Å². The Kier molecular flexibility index (Phi) is 4.52. The SMILES string of the molecule is N#CCCN(C(=O)c1cc(N)cc(F)c1)c1ccccc1. The number of rotatable bonds is 4. The van der Waals surface area contributed by atoms with Gasteiger partial charge in [0.05, 0.1) is 12.5 Å². The predicted octanol–water partition coefficient (Wildman–Crippen LogP) is 2.97. The van der Waals surface area contributed by atoms with E-state index in [9.17, 15) is 9.18 Å². The van der Waals surface area contributed by atoms with Crippen LogP contribution in [0.15, 0.2) is 48.5 Å². The molecule has 0 saturated carbocycles. The fourth-order valence-corrected chi connectivity index (χ4v) is 2.01. The molecule has 0 aromatic heterocycles.